The van der Waals surface area contributed by atoms with Gasteiger partial charge in [0.2, 0.25) is 0 Å². The molecule has 0 unspecified atom stereocenters. The summed E-state index contributed by atoms with van der Waals surface area (Å²) >= 11 is 0. The van der Waals surface area contributed by atoms with Gasteiger partial charge in [-0.15, -0.1) is 0 Å². The average Bonchev–Trinajstić information content (AvgIpc) is 2.99. The normalized spacial score (nSPS) is 15.6. The van der Waals surface area contributed by atoms with Gasteiger partial charge in [-0.05, 0) is 73.0 Å². The van der Waals surface area contributed by atoms with E-state index in [0.29, 0.717) is 42.6 Å². The summed E-state index contributed by atoms with van der Waals surface area (Å²) in [5.74, 6) is 1.82. The summed E-state index contributed by atoms with van der Waals surface area (Å²) < 4.78 is 17.3. The molecule has 0 radical (unpaired) electrons. The van der Waals surface area contributed by atoms with Gasteiger partial charge < -0.3 is 19.5 Å². The van der Waals surface area contributed by atoms with Gasteiger partial charge in [-0.1, -0.05) is 60.2 Å². The van der Waals surface area contributed by atoms with Crippen LogP contribution in [0.4, 0.5) is 5.69 Å². The van der Waals surface area contributed by atoms with Gasteiger partial charge in [-0.2, -0.15) is 0 Å². The predicted molar refractivity (Wildman–Crippen MR) is 157 cm³/mol. The molecule has 0 bridgehead atoms. The zero-order chi connectivity index (χ0) is 28.3. The lowest BCUT2D eigenvalue weighted by Gasteiger charge is -2.30. The fourth-order valence-electron chi connectivity index (χ4n) is 4.99. The SMILES string of the molecule is Cc1cccc(CN2C(=O)/C(=C\c3ccc(C(=O)N[C@@H](C)c4ccc5c(c4)OCCO5)cc3)Oc3ccccc32)c1. The molecule has 7 nitrogen and oxygen atoms in total. The van der Waals surface area contributed by atoms with E-state index in [1.54, 1.807) is 35.2 Å². The van der Waals surface area contributed by atoms with E-state index >= 15 is 0 Å². The zero-order valence-corrected chi connectivity index (χ0v) is 22.9. The van der Waals surface area contributed by atoms with Crippen LogP contribution in [0.1, 0.15) is 45.6 Å². The maximum Gasteiger partial charge on any atom is 0.294 e. The number of nitrogens with zero attached hydrogens (tertiary/aromatic N) is 1. The number of hydrogen-bond donors (Lipinski definition) is 1. The Morgan fingerprint density at radius 3 is 2.49 bits per heavy atom. The highest BCUT2D eigenvalue weighted by Crippen LogP contribution is 2.37. The minimum atomic E-state index is -0.229. The Balaban J connectivity index is 1.18. The largest absolute Gasteiger partial charge is 0.486 e. The highest BCUT2D eigenvalue weighted by atomic mass is 16.6. The van der Waals surface area contributed by atoms with Crippen LogP contribution in [-0.4, -0.2) is 25.0 Å². The third-order valence-electron chi connectivity index (χ3n) is 7.14. The standard InChI is InChI=1S/C34H30N2O5/c1-22-6-5-7-25(18-22)21-36-28-8-3-4-9-29(28)41-32(34(36)38)19-24-10-12-26(13-11-24)33(37)35-23(2)27-14-15-30-31(20-27)40-17-16-39-30/h3-15,18-20,23H,16-17,21H2,1-2H3,(H,35,37)/b32-19+/t23-/m0/s1. The van der Waals surface area contributed by atoms with E-state index in [2.05, 4.69) is 11.4 Å². The maximum atomic E-state index is 13.6. The van der Waals surface area contributed by atoms with E-state index in [9.17, 15) is 9.59 Å². The van der Waals surface area contributed by atoms with Crippen LogP contribution in [-0.2, 0) is 11.3 Å². The number of carbonyl (C=O) groups is 2. The molecule has 2 aliphatic rings. The zero-order valence-electron chi connectivity index (χ0n) is 22.9. The highest BCUT2D eigenvalue weighted by Gasteiger charge is 2.30. The molecule has 0 saturated heterocycles. The molecular weight excluding hydrogens is 516 g/mol. The Labute approximate surface area is 239 Å². The van der Waals surface area contributed by atoms with Crippen molar-refractivity contribution in [2.45, 2.75) is 26.4 Å². The number of hydrogen-bond acceptors (Lipinski definition) is 5. The molecule has 2 aliphatic heterocycles. The number of para-hydroxylation sites is 2. The minimum absolute atomic E-state index is 0.199. The van der Waals surface area contributed by atoms with Crippen LogP contribution >= 0.6 is 0 Å². The molecule has 6 rings (SSSR count). The van der Waals surface area contributed by atoms with Gasteiger partial charge in [0.05, 0.1) is 18.3 Å². The summed E-state index contributed by atoms with van der Waals surface area (Å²) in [5.41, 5.74) is 5.09. The number of fused-ring (bicyclic) bond motifs is 2. The van der Waals surface area contributed by atoms with Crippen LogP contribution in [0.15, 0.2) is 96.8 Å². The fraction of sp³-hybridized carbons (Fsp3) is 0.176. The van der Waals surface area contributed by atoms with E-state index in [1.807, 2.05) is 74.5 Å². The second-order valence-corrected chi connectivity index (χ2v) is 10.2. The first-order valence-corrected chi connectivity index (χ1v) is 13.6. The molecule has 1 atom stereocenters. The molecule has 0 fully saturated rings. The summed E-state index contributed by atoms with van der Waals surface area (Å²) in [4.78, 5) is 28.3. The smallest absolute Gasteiger partial charge is 0.294 e. The number of ether oxygens (including phenoxy) is 3. The summed E-state index contributed by atoms with van der Waals surface area (Å²) in [6, 6.07) is 28.2. The Hall–Kier alpha value is -5.04. The van der Waals surface area contributed by atoms with Crippen LogP contribution in [0.25, 0.3) is 6.08 Å². The fourth-order valence-corrected chi connectivity index (χ4v) is 4.99. The number of carbonyl (C=O) groups excluding carboxylic acids is 2. The van der Waals surface area contributed by atoms with Crippen LogP contribution < -0.4 is 24.4 Å². The van der Waals surface area contributed by atoms with E-state index in [-0.39, 0.29) is 23.6 Å². The maximum absolute atomic E-state index is 13.6. The van der Waals surface area contributed by atoms with Crippen molar-refractivity contribution in [3.63, 3.8) is 0 Å². The average molecular weight is 547 g/mol. The number of anilines is 1. The number of amides is 2. The van der Waals surface area contributed by atoms with Gasteiger partial charge in [0.25, 0.3) is 11.8 Å². The molecule has 0 aliphatic carbocycles. The van der Waals surface area contributed by atoms with E-state index < -0.39 is 0 Å². The summed E-state index contributed by atoms with van der Waals surface area (Å²) in [6.07, 6.45) is 1.71. The van der Waals surface area contributed by atoms with Crippen LogP contribution in [0.2, 0.25) is 0 Å². The Kier molecular flexibility index (Phi) is 7.17. The first-order chi connectivity index (χ1) is 19.9. The highest BCUT2D eigenvalue weighted by molar-refractivity contribution is 6.09. The third kappa shape index (κ3) is 5.65. The van der Waals surface area contributed by atoms with Gasteiger partial charge in [0.15, 0.2) is 23.0 Å². The van der Waals surface area contributed by atoms with Crippen molar-refractivity contribution in [2.75, 3.05) is 18.1 Å². The molecule has 41 heavy (non-hydrogen) atoms. The van der Waals surface area contributed by atoms with Crippen LogP contribution in [0.5, 0.6) is 17.2 Å². The lowest BCUT2D eigenvalue weighted by atomic mass is 10.1. The van der Waals surface area contributed by atoms with Crippen molar-refractivity contribution < 1.29 is 23.8 Å². The molecule has 0 spiro atoms. The van der Waals surface area contributed by atoms with Gasteiger partial charge in [-0.25, -0.2) is 0 Å². The van der Waals surface area contributed by atoms with E-state index in [0.717, 1.165) is 27.9 Å². The molecule has 0 saturated carbocycles. The van der Waals surface area contributed by atoms with Crippen LogP contribution in [0.3, 0.4) is 0 Å². The number of rotatable bonds is 6. The molecule has 0 aromatic heterocycles. The Morgan fingerprint density at radius 2 is 1.68 bits per heavy atom. The molecule has 4 aromatic carbocycles. The molecule has 1 N–H and O–H groups in total. The topological polar surface area (TPSA) is 77.1 Å². The number of nitrogens with one attached hydrogen (secondary N) is 1. The second-order valence-electron chi connectivity index (χ2n) is 10.2. The third-order valence-corrected chi connectivity index (χ3v) is 7.14. The monoisotopic (exact) mass is 546 g/mol. The number of benzene rings is 4. The lowest BCUT2D eigenvalue weighted by Crippen LogP contribution is -2.36. The second kappa shape index (κ2) is 11.2. The summed E-state index contributed by atoms with van der Waals surface area (Å²) in [5, 5.41) is 3.03. The van der Waals surface area contributed by atoms with Crippen molar-refractivity contribution in [1.82, 2.24) is 5.32 Å². The molecule has 2 amide bonds. The van der Waals surface area contributed by atoms with Crippen molar-refractivity contribution in [2.24, 2.45) is 0 Å². The summed E-state index contributed by atoms with van der Waals surface area (Å²) in [6.45, 7) is 5.43. The van der Waals surface area contributed by atoms with Crippen molar-refractivity contribution in [3.8, 4) is 17.2 Å². The first kappa shape index (κ1) is 26.2. The molecular formula is C34H30N2O5. The van der Waals surface area contributed by atoms with Crippen LogP contribution in [0, 0.1) is 6.92 Å². The molecule has 4 aromatic rings. The van der Waals surface area contributed by atoms with Gasteiger partial charge in [-0.3, -0.25) is 14.5 Å². The minimum Gasteiger partial charge on any atom is -0.486 e. The lowest BCUT2D eigenvalue weighted by molar-refractivity contribution is -0.117. The van der Waals surface area contributed by atoms with Gasteiger partial charge in [0, 0.05) is 5.56 Å². The van der Waals surface area contributed by atoms with Gasteiger partial charge >= 0.3 is 0 Å². The van der Waals surface area contributed by atoms with E-state index in [1.165, 1.54) is 0 Å². The summed E-state index contributed by atoms with van der Waals surface area (Å²) in [7, 11) is 0. The van der Waals surface area contributed by atoms with Crippen molar-refractivity contribution in [3.05, 3.63) is 125 Å². The van der Waals surface area contributed by atoms with E-state index in [4.69, 9.17) is 14.2 Å². The predicted octanol–water partition coefficient (Wildman–Crippen LogP) is 6.22. The number of aryl methyl sites for hydroxylation is 1. The Bertz CT molecular complexity index is 1640. The van der Waals surface area contributed by atoms with Crippen molar-refractivity contribution >= 4 is 23.6 Å². The van der Waals surface area contributed by atoms with Crippen molar-refractivity contribution in [1.29, 1.82) is 0 Å². The Morgan fingerprint density at radius 1 is 0.902 bits per heavy atom. The van der Waals surface area contributed by atoms with Gasteiger partial charge in [0.1, 0.15) is 13.2 Å². The quantitative estimate of drug-likeness (QED) is 0.291. The first-order valence-electron chi connectivity index (χ1n) is 13.6. The molecule has 206 valence electrons. The molecule has 7 heteroatoms. The molecule has 2 heterocycles.